The van der Waals surface area contributed by atoms with Crippen molar-refractivity contribution >= 4 is 17.9 Å². The minimum Gasteiger partial charge on any atom is -0.477 e. The van der Waals surface area contributed by atoms with E-state index in [1.807, 2.05) is 21.1 Å². The van der Waals surface area contributed by atoms with Gasteiger partial charge in [-0.05, 0) is 83.5 Å². The van der Waals surface area contributed by atoms with Gasteiger partial charge in [0.1, 0.15) is 6.61 Å². The van der Waals surface area contributed by atoms with Crippen LogP contribution < -0.4 is 0 Å². The Morgan fingerprint density at radius 2 is 0.933 bits per heavy atom. The van der Waals surface area contributed by atoms with Gasteiger partial charge in [0, 0.05) is 19.3 Å². The standard InChI is InChI=1S/C52H89NO7/c1-6-8-10-12-14-16-18-20-22-23-24-25-26-27-29-31-33-35-37-39-41-43-51(55)60-48(46-58-45-44-49(52(56)57)53(3,4)5)47-59-50(54)42-40-38-36-34-32-30-28-21-19-17-15-13-11-9-7-2/h14-17,19-22,24-25,27,29,48-49H,6-13,18,23,26,28,30-47H2,1-5H3/p+1/b16-14+,17-15+,21-19+,22-20+,25-24+,29-27+. The molecular formula is C52H90NO7+. The number of likely N-dealkylation sites (N-methyl/N-ethyl adjacent to an activating group) is 1. The number of allylic oxidation sites excluding steroid dienone is 12. The number of aliphatic carboxylic acids is 1. The van der Waals surface area contributed by atoms with Crippen molar-refractivity contribution in [2.45, 2.75) is 199 Å². The van der Waals surface area contributed by atoms with Gasteiger partial charge in [0.2, 0.25) is 0 Å². The van der Waals surface area contributed by atoms with Gasteiger partial charge in [-0.2, -0.15) is 0 Å². The molecule has 0 aromatic rings. The number of unbranched alkanes of at least 4 members (excludes halogenated alkanes) is 17. The first kappa shape index (κ1) is 56.8. The molecule has 2 atom stereocenters. The summed E-state index contributed by atoms with van der Waals surface area (Å²) < 4.78 is 17.3. The monoisotopic (exact) mass is 841 g/mol. The molecule has 0 aliphatic rings. The van der Waals surface area contributed by atoms with Gasteiger partial charge in [-0.25, -0.2) is 4.79 Å². The zero-order chi connectivity index (χ0) is 44.2. The van der Waals surface area contributed by atoms with Gasteiger partial charge in [0.15, 0.2) is 12.1 Å². The lowest BCUT2D eigenvalue weighted by molar-refractivity contribution is -0.887. The summed E-state index contributed by atoms with van der Waals surface area (Å²) in [6.07, 6.45) is 53.7. The third-order valence-corrected chi connectivity index (χ3v) is 10.4. The van der Waals surface area contributed by atoms with E-state index in [0.717, 1.165) is 96.3 Å². The Balaban J connectivity index is 4.37. The highest BCUT2D eigenvalue weighted by atomic mass is 16.6. The topological polar surface area (TPSA) is 99.1 Å². The van der Waals surface area contributed by atoms with Crippen LogP contribution in [0.3, 0.4) is 0 Å². The number of nitrogens with zero attached hydrogens (tertiary/aromatic N) is 1. The average Bonchev–Trinajstić information content (AvgIpc) is 3.21. The normalized spacial score (nSPS) is 13.6. The molecule has 1 N–H and O–H groups in total. The molecule has 0 aliphatic carbocycles. The number of carbonyl (C=O) groups is 3. The van der Waals surface area contributed by atoms with Crippen molar-refractivity contribution in [3.63, 3.8) is 0 Å². The number of carboxylic acids is 1. The maximum atomic E-state index is 12.8. The summed E-state index contributed by atoms with van der Waals surface area (Å²) >= 11 is 0. The van der Waals surface area contributed by atoms with E-state index in [1.54, 1.807) is 0 Å². The lowest BCUT2D eigenvalue weighted by atomic mass is 10.1. The second-order valence-corrected chi connectivity index (χ2v) is 17.0. The van der Waals surface area contributed by atoms with Gasteiger partial charge >= 0.3 is 17.9 Å². The van der Waals surface area contributed by atoms with Gasteiger partial charge in [-0.15, -0.1) is 0 Å². The van der Waals surface area contributed by atoms with Gasteiger partial charge in [-0.3, -0.25) is 9.59 Å². The largest absolute Gasteiger partial charge is 0.477 e. The maximum Gasteiger partial charge on any atom is 0.362 e. The molecule has 60 heavy (non-hydrogen) atoms. The number of carbonyl (C=O) groups excluding carboxylic acids is 2. The van der Waals surface area contributed by atoms with E-state index < -0.39 is 18.1 Å². The molecule has 0 amide bonds. The number of esters is 2. The molecule has 0 heterocycles. The molecule has 0 saturated heterocycles. The first-order valence-electron chi connectivity index (χ1n) is 24.0. The Hall–Kier alpha value is -3.23. The summed E-state index contributed by atoms with van der Waals surface area (Å²) in [7, 11) is 5.51. The molecule has 0 fully saturated rings. The highest BCUT2D eigenvalue weighted by molar-refractivity contribution is 5.72. The van der Waals surface area contributed by atoms with Crippen molar-refractivity contribution in [1.82, 2.24) is 0 Å². The van der Waals surface area contributed by atoms with Crippen molar-refractivity contribution in [3.8, 4) is 0 Å². The Morgan fingerprint density at radius 3 is 1.40 bits per heavy atom. The summed E-state index contributed by atoms with van der Waals surface area (Å²) in [5.74, 6) is -1.51. The van der Waals surface area contributed by atoms with Crippen LogP contribution in [-0.4, -0.2) is 80.6 Å². The average molecular weight is 841 g/mol. The zero-order valence-corrected chi connectivity index (χ0v) is 39.1. The molecule has 0 saturated carbocycles. The first-order valence-corrected chi connectivity index (χ1v) is 24.0. The van der Waals surface area contributed by atoms with Crippen molar-refractivity contribution in [1.29, 1.82) is 0 Å². The van der Waals surface area contributed by atoms with Crippen molar-refractivity contribution < 1.29 is 38.2 Å². The predicted octanol–water partition coefficient (Wildman–Crippen LogP) is 13.5. The van der Waals surface area contributed by atoms with Gasteiger partial charge in [0.05, 0.1) is 34.4 Å². The number of hydrogen-bond acceptors (Lipinski definition) is 6. The van der Waals surface area contributed by atoms with Crippen LogP contribution in [0.4, 0.5) is 0 Å². The highest BCUT2D eigenvalue weighted by Crippen LogP contribution is 2.13. The van der Waals surface area contributed by atoms with Crippen LogP contribution in [0.25, 0.3) is 0 Å². The smallest absolute Gasteiger partial charge is 0.362 e. The third kappa shape index (κ3) is 40.2. The first-order chi connectivity index (χ1) is 29.1. The molecular weight excluding hydrogens is 751 g/mol. The second kappa shape index (κ2) is 42.5. The summed E-state index contributed by atoms with van der Waals surface area (Å²) in [6, 6.07) is -0.624. The van der Waals surface area contributed by atoms with Gasteiger partial charge in [0.25, 0.3) is 0 Å². The second-order valence-electron chi connectivity index (χ2n) is 17.0. The molecule has 0 bridgehead atoms. The molecule has 8 heteroatoms. The zero-order valence-electron chi connectivity index (χ0n) is 39.1. The van der Waals surface area contributed by atoms with E-state index >= 15 is 0 Å². The Labute approximate surface area is 368 Å². The van der Waals surface area contributed by atoms with E-state index in [-0.39, 0.29) is 36.2 Å². The lowest BCUT2D eigenvalue weighted by Gasteiger charge is -2.31. The molecule has 0 aliphatic heterocycles. The summed E-state index contributed by atoms with van der Waals surface area (Å²) in [5.41, 5.74) is 0. The van der Waals surface area contributed by atoms with Crippen LogP contribution >= 0.6 is 0 Å². The molecule has 8 nitrogen and oxygen atoms in total. The maximum absolute atomic E-state index is 12.8. The van der Waals surface area contributed by atoms with Crippen LogP contribution in [0, 0.1) is 0 Å². The fraction of sp³-hybridized carbons (Fsp3) is 0.712. The van der Waals surface area contributed by atoms with E-state index in [0.29, 0.717) is 19.3 Å². The SMILES string of the molecule is CCCCC/C=C/C=C/CCCCCCCCC(=O)OCC(COCCC(C(=O)O)[N+](C)(C)C)OC(=O)CCCCCCC/C=C/C/C=C/C/C=C/C/C=C/CCCCC. The third-order valence-electron chi connectivity index (χ3n) is 10.4. The number of rotatable bonds is 42. The molecule has 2 unspecified atom stereocenters. The predicted molar refractivity (Wildman–Crippen MR) is 252 cm³/mol. The summed E-state index contributed by atoms with van der Waals surface area (Å²) in [6.45, 7) is 4.64. The molecule has 0 spiro atoms. The van der Waals surface area contributed by atoms with Crippen LogP contribution in [0.5, 0.6) is 0 Å². The fourth-order valence-corrected chi connectivity index (χ4v) is 6.59. The number of quaternary nitrogens is 1. The van der Waals surface area contributed by atoms with Crippen LogP contribution in [0.1, 0.15) is 187 Å². The fourth-order valence-electron chi connectivity index (χ4n) is 6.59. The summed E-state index contributed by atoms with van der Waals surface area (Å²) in [5, 5.41) is 9.64. The van der Waals surface area contributed by atoms with Crippen molar-refractivity contribution in [2.75, 3.05) is 41.0 Å². The molecule has 0 aromatic carbocycles. The molecule has 0 radical (unpaired) electrons. The van der Waals surface area contributed by atoms with Gasteiger partial charge < -0.3 is 23.8 Å². The van der Waals surface area contributed by atoms with Crippen molar-refractivity contribution in [2.24, 2.45) is 0 Å². The highest BCUT2D eigenvalue weighted by Gasteiger charge is 2.31. The summed E-state index contributed by atoms with van der Waals surface area (Å²) in [4.78, 5) is 37.1. The van der Waals surface area contributed by atoms with E-state index in [9.17, 15) is 19.5 Å². The van der Waals surface area contributed by atoms with E-state index in [4.69, 9.17) is 14.2 Å². The Bertz CT molecular complexity index is 1210. The number of carboxylic acid groups (broad SMARTS) is 1. The minimum absolute atomic E-state index is 0.0460. The quantitative estimate of drug-likeness (QED) is 0.0215. The van der Waals surface area contributed by atoms with E-state index in [2.05, 4.69) is 86.8 Å². The van der Waals surface area contributed by atoms with E-state index in [1.165, 1.54) is 57.8 Å². The van der Waals surface area contributed by atoms with Crippen molar-refractivity contribution in [3.05, 3.63) is 72.9 Å². The molecule has 344 valence electrons. The number of hydrogen-bond donors (Lipinski definition) is 1. The van der Waals surface area contributed by atoms with Crippen LogP contribution in [-0.2, 0) is 28.6 Å². The lowest BCUT2D eigenvalue weighted by Crippen LogP contribution is -2.50. The van der Waals surface area contributed by atoms with Gasteiger partial charge in [-0.1, -0.05) is 157 Å². The molecule has 0 rings (SSSR count). The molecule has 0 aromatic heterocycles. The number of ether oxygens (including phenoxy) is 3. The Kier molecular flexibility index (Phi) is 40.2. The van der Waals surface area contributed by atoms with Crippen LogP contribution in [0.15, 0.2) is 72.9 Å². The minimum atomic E-state index is -0.882. The van der Waals surface area contributed by atoms with Crippen LogP contribution in [0.2, 0.25) is 0 Å². The Morgan fingerprint density at radius 1 is 0.517 bits per heavy atom.